The minimum Gasteiger partial charge on any atom is -0.370 e. The fourth-order valence-electron chi connectivity index (χ4n) is 3.82. The van der Waals surface area contributed by atoms with Crippen molar-refractivity contribution in [1.29, 1.82) is 0 Å². The fourth-order valence-corrected chi connectivity index (χ4v) is 3.82. The van der Waals surface area contributed by atoms with Gasteiger partial charge in [-0.3, -0.25) is 4.79 Å². The molecule has 0 unspecified atom stereocenters. The van der Waals surface area contributed by atoms with Gasteiger partial charge in [0.05, 0.1) is 11.4 Å². The van der Waals surface area contributed by atoms with Gasteiger partial charge in [0.25, 0.3) is 0 Å². The summed E-state index contributed by atoms with van der Waals surface area (Å²) in [6.07, 6.45) is 6.45. The number of carbonyl (C=O) groups is 1. The second-order valence-corrected chi connectivity index (χ2v) is 7.12. The van der Waals surface area contributed by atoms with Crippen LogP contribution in [-0.2, 0) is 11.2 Å². The number of nitrogens with zero attached hydrogens (tertiary/aromatic N) is 1. The molecule has 1 amide bonds. The molecular formula is C22H24FN3O. The van der Waals surface area contributed by atoms with E-state index in [0.29, 0.717) is 18.5 Å². The zero-order chi connectivity index (χ0) is 18.6. The van der Waals surface area contributed by atoms with Crippen LogP contribution in [0.4, 0.5) is 15.8 Å². The Bertz CT molecular complexity index is 944. The van der Waals surface area contributed by atoms with Crippen molar-refractivity contribution in [3.63, 3.8) is 0 Å². The predicted octanol–water partition coefficient (Wildman–Crippen LogP) is 4.87. The van der Waals surface area contributed by atoms with Crippen molar-refractivity contribution in [2.75, 3.05) is 23.3 Å². The number of aromatic nitrogens is 1. The first-order chi connectivity index (χ1) is 13.2. The third-order valence-electron chi connectivity index (χ3n) is 5.23. The fraction of sp³-hybridized carbons (Fsp3) is 0.318. The molecule has 0 spiro atoms. The van der Waals surface area contributed by atoms with Crippen LogP contribution in [-0.4, -0.2) is 24.0 Å². The number of nitrogens with one attached hydrogen (secondary N) is 2. The number of para-hydroxylation sites is 1. The number of hydrogen-bond donors (Lipinski definition) is 2. The number of rotatable bonds is 5. The highest BCUT2D eigenvalue weighted by molar-refractivity contribution is 5.95. The Kier molecular flexibility index (Phi) is 5.10. The average Bonchev–Trinajstić information content (AvgIpc) is 3.10. The third-order valence-corrected chi connectivity index (χ3v) is 5.23. The lowest BCUT2D eigenvalue weighted by Gasteiger charge is -2.30. The first-order valence-corrected chi connectivity index (χ1v) is 9.60. The van der Waals surface area contributed by atoms with Gasteiger partial charge in [-0.25, -0.2) is 4.39 Å². The maximum absolute atomic E-state index is 13.8. The molecule has 1 fully saturated rings. The molecule has 5 heteroatoms. The van der Waals surface area contributed by atoms with Crippen LogP contribution < -0.4 is 10.2 Å². The van der Waals surface area contributed by atoms with E-state index in [2.05, 4.69) is 21.3 Å². The largest absolute Gasteiger partial charge is 0.370 e. The minimum absolute atomic E-state index is 0.0934. The number of aryl methyl sites for hydroxylation is 1. The molecule has 1 aromatic heterocycles. The molecule has 0 radical (unpaired) electrons. The molecule has 0 saturated carbocycles. The van der Waals surface area contributed by atoms with E-state index in [9.17, 15) is 9.18 Å². The van der Waals surface area contributed by atoms with Crippen molar-refractivity contribution in [2.45, 2.75) is 32.1 Å². The summed E-state index contributed by atoms with van der Waals surface area (Å²) in [5.74, 6) is -0.424. The van der Waals surface area contributed by atoms with Crippen molar-refractivity contribution in [2.24, 2.45) is 0 Å². The van der Waals surface area contributed by atoms with E-state index in [0.717, 1.165) is 48.1 Å². The summed E-state index contributed by atoms with van der Waals surface area (Å²) in [5, 5.41) is 4.07. The van der Waals surface area contributed by atoms with Crippen LogP contribution in [0.15, 0.2) is 48.7 Å². The lowest BCUT2D eigenvalue weighted by Crippen LogP contribution is -2.30. The number of benzene rings is 2. The van der Waals surface area contributed by atoms with Gasteiger partial charge in [0, 0.05) is 36.6 Å². The zero-order valence-corrected chi connectivity index (χ0v) is 15.3. The average molecular weight is 365 g/mol. The van der Waals surface area contributed by atoms with E-state index in [1.54, 1.807) is 6.07 Å². The molecule has 0 aliphatic carbocycles. The van der Waals surface area contributed by atoms with Crippen LogP contribution in [0.2, 0.25) is 0 Å². The number of piperidine rings is 1. The molecule has 140 valence electrons. The minimum atomic E-state index is -0.331. The molecule has 1 saturated heterocycles. The number of anilines is 2. The van der Waals surface area contributed by atoms with Gasteiger partial charge in [-0.2, -0.15) is 0 Å². The van der Waals surface area contributed by atoms with Crippen LogP contribution in [0, 0.1) is 5.82 Å². The summed E-state index contributed by atoms with van der Waals surface area (Å²) in [7, 11) is 0. The molecule has 0 bridgehead atoms. The second kappa shape index (κ2) is 7.82. The van der Waals surface area contributed by atoms with E-state index >= 15 is 0 Å². The Hall–Kier alpha value is -2.82. The van der Waals surface area contributed by atoms with Crippen LogP contribution in [0.25, 0.3) is 10.9 Å². The number of H-pyrrole nitrogens is 1. The number of fused-ring (bicyclic) bond motifs is 1. The van der Waals surface area contributed by atoms with Crippen LogP contribution in [0.5, 0.6) is 0 Å². The molecule has 2 heterocycles. The molecule has 2 N–H and O–H groups in total. The lowest BCUT2D eigenvalue weighted by molar-refractivity contribution is -0.116. The number of hydrogen-bond acceptors (Lipinski definition) is 2. The van der Waals surface area contributed by atoms with E-state index in [4.69, 9.17) is 0 Å². The predicted molar refractivity (Wildman–Crippen MR) is 108 cm³/mol. The molecule has 27 heavy (non-hydrogen) atoms. The summed E-state index contributed by atoms with van der Waals surface area (Å²) >= 11 is 0. The summed E-state index contributed by atoms with van der Waals surface area (Å²) in [4.78, 5) is 18.0. The van der Waals surface area contributed by atoms with Gasteiger partial charge in [-0.05, 0) is 55.5 Å². The Balaban J connectivity index is 1.45. The first kappa shape index (κ1) is 17.6. The maximum Gasteiger partial charge on any atom is 0.224 e. The van der Waals surface area contributed by atoms with Gasteiger partial charge < -0.3 is 15.2 Å². The molecule has 3 aromatic rings. The number of halogens is 1. The molecular weight excluding hydrogens is 341 g/mol. The number of amides is 1. The van der Waals surface area contributed by atoms with E-state index in [-0.39, 0.29) is 11.7 Å². The highest BCUT2D eigenvalue weighted by Gasteiger charge is 2.17. The van der Waals surface area contributed by atoms with Crippen LogP contribution in [0.1, 0.15) is 31.2 Å². The molecule has 4 nitrogen and oxygen atoms in total. The second-order valence-electron chi connectivity index (χ2n) is 7.12. The van der Waals surface area contributed by atoms with Crippen molar-refractivity contribution < 1.29 is 9.18 Å². The summed E-state index contributed by atoms with van der Waals surface area (Å²) in [6, 6.07) is 12.7. The lowest BCUT2D eigenvalue weighted by atomic mass is 10.1. The SMILES string of the molecule is O=C(CCc1c[nH]c2ccccc12)Nc1cc(F)ccc1N1CCCCC1. The normalized spacial score (nSPS) is 14.5. The Morgan fingerprint density at radius 3 is 2.78 bits per heavy atom. The quantitative estimate of drug-likeness (QED) is 0.678. The Labute approximate surface area is 158 Å². The van der Waals surface area contributed by atoms with Crippen molar-refractivity contribution in [3.8, 4) is 0 Å². The molecule has 0 atom stereocenters. The van der Waals surface area contributed by atoms with E-state index < -0.39 is 0 Å². The van der Waals surface area contributed by atoms with Crippen LogP contribution in [0.3, 0.4) is 0 Å². The van der Waals surface area contributed by atoms with E-state index in [1.165, 1.54) is 18.6 Å². The van der Waals surface area contributed by atoms with Gasteiger partial charge in [0.2, 0.25) is 5.91 Å². The highest BCUT2D eigenvalue weighted by Crippen LogP contribution is 2.29. The van der Waals surface area contributed by atoms with Gasteiger partial charge in [-0.1, -0.05) is 18.2 Å². The number of carbonyl (C=O) groups excluding carboxylic acids is 1. The summed E-state index contributed by atoms with van der Waals surface area (Å²) in [5.41, 5.74) is 3.68. The molecule has 2 aromatic carbocycles. The molecule has 1 aliphatic heterocycles. The van der Waals surface area contributed by atoms with Gasteiger partial charge in [-0.15, -0.1) is 0 Å². The Morgan fingerprint density at radius 2 is 1.93 bits per heavy atom. The molecule has 1 aliphatic rings. The van der Waals surface area contributed by atoms with Crippen molar-refractivity contribution in [1.82, 2.24) is 4.98 Å². The van der Waals surface area contributed by atoms with Crippen molar-refractivity contribution >= 4 is 28.2 Å². The monoisotopic (exact) mass is 365 g/mol. The zero-order valence-electron chi connectivity index (χ0n) is 15.3. The standard InChI is InChI=1S/C22H24FN3O/c23-17-9-10-21(26-12-4-1-5-13-26)20(14-17)25-22(27)11-8-16-15-24-19-7-3-2-6-18(16)19/h2-3,6-7,9-10,14-15,24H,1,4-5,8,11-13H2,(H,25,27). The Morgan fingerprint density at radius 1 is 1.11 bits per heavy atom. The van der Waals surface area contributed by atoms with E-state index in [1.807, 2.05) is 24.4 Å². The number of aromatic amines is 1. The van der Waals surface area contributed by atoms with Crippen LogP contribution >= 0.6 is 0 Å². The van der Waals surface area contributed by atoms with Crippen molar-refractivity contribution in [3.05, 3.63) is 60.0 Å². The summed E-state index contributed by atoms with van der Waals surface area (Å²) in [6.45, 7) is 1.90. The third kappa shape index (κ3) is 3.97. The van der Waals surface area contributed by atoms with Gasteiger partial charge in [0.1, 0.15) is 5.82 Å². The first-order valence-electron chi connectivity index (χ1n) is 9.60. The van der Waals surface area contributed by atoms with Gasteiger partial charge >= 0.3 is 0 Å². The summed E-state index contributed by atoms with van der Waals surface area (Å²) < 4.78 is 13.8. The highest BCUT2D eigenvalue weighted by atomic mass is 19.1. The van der Waals surface area contributed by atoms with Gasteiger partial charge in [0.15, 0.2) is 0 Å². The maximum atomic E-state index is 13.8. The topological polar surface area (TPSA) is 48.1 Å². The smallest absolute Gasteiger partial charge is 0.224 e. The molecule has 4 rings (SSSR count).